The summed E-state index contributed by atoms with van der Waals surface area (Å²) in [6.07, 6.45) is 2.11. The number of para-hydroxylation sites is 2. The normalized spacial score (nSPS) is 15.4. The zero-order chi connectivity index (χ0) is 23.5. The number of methoxy groups -OCH3 is 2. The van der Waals surface area contributed by atoms with Crippen molar-refractivity contribution in [3.8, 4) is 11.5 Å². The number of amides is 1. The number of hydrogen-bond donors (Lipinski definition) is 1. The number of aromatic amines is 1. The average molecular weight is 494 g/mol. The third-order valence-electron chi connectivity index (χ3n) is 6.15. The van der Waals surface area contributed by atoms with Gasteiger partial charge in [-0.2, -0.15) is 0 Å². The van der Waals surface area contributed by atoms with Gasteiger partial charge in [0.25, 0.3) is 0 Å². The van der Waals surface area contributed by atoms with Gasteiger partial charge in [0, 0.05) is 23.6 Å². The summed E-state index contributed by atoms with van der Waals surface area (Å²) >= 11 is 3.35. The lowest BCUT2D eigenvalue weighted by atomic mass is 9.90. The number of fused-ring (bicyclic) bond motifs is 2. The summed E-state index contributed by atoms with van der Waals surface area (Å²) in [5, 5.41) is 2.97. The molecule has 0 saturated heterocycles. The Kier molecular flexibility index (Phi) is 6.78. The second-order valence-electron chi connectivity index (χ2n) is 8.17. The largest absolute Gasteiger partial charge is 0.493 e. The van der Waals surface area contributed by atoms with E-state index >= 15 is 0 Å². The first kappa shape index (κ1) is 22.8. The minimum Gasteiger partial charge on any atom is -0.493 e. The molecule has 0 saturated carbocycles. The number of benzene rings is 2. The summed E-state index contributed by atoms with van der Waals surface area (Å²) in [4.78, 5) is 24.5. The van der Waals surface area contributed by atoms with Gasteiger partial charge in [-0.25, -0.2) is 4.98 Å². The van der Waals surface area contributed by atoms with Crippen LogP contribution < -0.4 is 9.47 Å². The Labute approximate surface area is 207 Å². The number of rotatable bonds is 8. The highest BCUT2D eigenvalue weighted by molar-refractivity contribution is 7.99. The van der Waals surface area contributed by atoms with Crippen LogP contribution in [0.2, 0.25) is 0 Å². The number of H-pyrrole nitrogens is 1. The van der Waals surface area contributed by atoms with E-state index in [1.165, 1.54) is 5.56 Å². The fourth-order valence-corrected chi connectivity index (χ4v) is 6.18. The Morgan fingerprint density at radius 3 is 2.76 bits per heavy atom. The minimum absolute atomic E-state index is 0.0981. The molecule has 1 unspecified atom stereocenters. The molecule has 0 aliphatic carbocycles. The summed E-state index contributed by atoms with van der Waals surface area (Å²) < 4.78 is 11.1. The lowest BCUT2D eigenvalue weighted by Gasteiger charge is -2.37. The lowest BCUT2D eigenvalue weighted by molar-refractivity contribution is -0.133. The lowest BCUT2D eigenvalue weighted by Crippen LogP contribution is -2.40. The van der Waals surface area contributed by atoms with Crippen molar-refractivity contribution >= 4 is 40.0 Å². The van der Waals surface area contributed by atoms with Gasteiger partial charge in [-0.15, -0.1) is 11.3 Å². The first-order valence-corrected chi connectivity index (χ1v) is 13.2. The van der Waals surface area contributed by atoms with E-state index in [2.05, 4.69) is 27.5 Å². The molecule has 1 N–H and O–H groups in total. The zero-order valence-corrected chi connectivity index (χ0v) is 20.9. The molecular weight excluding hydrogens is 466 g/mol. The van der Waals surface area contributed by atoms with Crippen molar-refractivity contribution in [2.75, 3.05) is 26.5 Å². The van der Waals surface area contributed by atoms with Gasteiger partial charge in [0.05, 0.1) is 31.3 Å². The number of nitrogens with zero attached hydrogens (tertiary/aromatic N) is 2. The van der Waals surface area contributed by atoms with Gasteiger partial charge >= 0.3 is 0 Å². The van der Waals surface area contributed by atoms with Gasteiger partial charge in [0.2, 0.25) is 5.91 Å². The quantitative estimate of drug-likeness (QED) is 0.252. The Balaban J connectivity index is 1.29. The van der Waals surface area contributed by atoms with Crippen LogP contribution in [0, 0.1) is 0 Å². The predicted octanol–water partition coefficient (Wildman–Crippen LogP) is 5.69. The highest BCUT2D eigenvalue weighted by Crippen LogP contribution is 2.42. The third kappa shape index (κ3) is 4.52. The maximum atomic E-state index is 13.4. The summed E-state index contributed by atoms with van der Waals surface area (Å²) in [6, 6.07) is 16.2. The van der Waals surface area contributed by atoms with Crippen molar-refractivity contribution < 1.29 is 14.3 Å². The Hall–Kier alpha value is -2.97. The molecule has 1 aliphatic heterocycles. The molecule has 0 radical (unpaired) electrons. The topological polar surface area (TPSA) is 67.5 Å². The minimum atomic E-state index is -0.0981. The number of ether oxygens (including phenoxy) is 2. The van der Waals surface area contributed by atoms with E-state index in [0.717, 1.165) is 51.0 Å². The number of hydrogen-bond acceptors (Lipinski definition) is 6. The zero-order valence-electron chi connectivity index (χ0n) is 19.2. The van der Waals surface area contributed by atoms with Gasteiger partial charge in [0.15, 0.2) is 16.7 Å². The average Bonchev–Trinajstić information content (AvgIpc) is 3.54. The molecule has 0 spiro atoms. The number of carbonyl (C=O) groups excluding carboxylic acids is 1. The smallest absolute Gasteiger partial charge is 0.223 e. The van der Waals surface area contributed by atoms with Gasteiger partial charge < -0.3 is 19.4 Å². The van der Waals surface area contributed by atoms with Crippen LogP contribution in [0.4, 0.5) is 0 Å². The van der Waals surface area contributed by atoms with Crippen LogP contribution in [0.1, 0.15) is 34.9 Å². The molecule has 2 aromatic heterocycles. The molecule has 0 fully saturated rings. The van der Waals surface area contributed by atoms with E-state index in [0.29, 0.717) is 18.7 Å². The Bertz CT molecular complexity index is 1250. The van der Waals surface area contributed by atoms with Gasteiger partial charge in [-0.1, -0.05) is 30.0 Å². The molecule has 3 heterocycles. The monoisotopic (exact) mass is 493 g/mol. The number of aromatic nitrogens is 2. The number of nitrogens with one attached hydrogen (secondary N) is 1. The molecule has 6 nitrogen and oxygen atoms in total. The second-order valence-corrected chi connectivity index (χ2v) is 10.2. The number of imidazole rings is 1. The van der Waals surface area contributed by atoms with E-state index in [4.69, 9.17) is 9.47 Å². The van der Waals surface area contributed by atoms with Crippen molar-refractivity contribution in [1.82, 2.24) is 14.9 Å². The first-order valence-electron chi connectivity index (χ1n) is 11.3. The molecule has 0 bridgehead atoms. The number of carbonyl (C=O) groups is 1. The maximum Gasteiger partial charge on any atom is 0.223 e. The van der Waals surface area contributed by atoms with E-state index in [-0.39, 0.29) is 11.9 Å². The van der Waals surface area contributed by atoms with Gasteiger partial charge in [-0.3, -0.25) is 4.79 Å². The van der Waals surface area contributed by atoms with Crippen molar-refractivity contribution in [3.63, 3.8) is 0 Å². The molecular formula is C26H27N3O3S2. The first-order chi connectivity index (χ1) is 16.7. The highest BCUT2D eigenvalue weighted by Gasteiger charge is 2.33. The molecule has 5 rings (SSSR count). The van der Waals surface area contributed by atoms with Crippen molar-refractivity contribution in [1.29, 1.82) is 0 Å². The molecule has 1 aliphatic rings. The van der Waals surface area contributed by atoms with Crippen LogP contribution in [0.15, 0.2) is 59.1 Å². The maximum absolute atomic E-state index is 13.4. The molecule has 176 valence electrons. The van der Waals surface area contributed by atoms with Crippen LogP contribution >= 0.6 is 23.1 Å². The molecule has 1 atom stereocenters. The van der Waals surface area contributed by atoms with Gasteiger partial charge in [0.1, 0.15) is 0 Å². The van der Waals surface area contributed by atoms with Crippen LogP contribution in [0.5, 0.6) is 11.5 Å². The van der Waals surface area contributed by atoms with Crippen LogP contribution in [0.25, 0.3) is 11.0 Å². The molecule has 34 heavy (non-hydrogen) atoms. The SMILES string of the molecule is COc1cc2c(cc1OC)C(c1cccs1)N(C(=O)CCCSc1nc3ccccc3[nH]1)CC2. The summed E-state index contributed by atoms with van der Waals surface area (Å²) in [7, 11) is 3.30. The standard InChI is InChI=1S/C26H27N3O3S2/c1-31-21-15-17-11-12-29(25(23-9-5-13-33-23)18(17)16-22(21)32-2)24(30)10-6-14-34-26-27-19-7-3-4-8-20(19)28-26/h3-5,7-9,13,15-16,25H,6,10-12,14H2,1-2H3,(H,27,28). The van der Waals surface area contributed by atoms with E-state index in [1.54, 1.807) is 37.3 Å². The Morgan fingerprint density at radius 1 is 1.18 bits per heavy atom. The second kappa shape index (κ2) is 10.1. The van der Waals surface area contributed by atoms with Gasteiger partial charge in [-0.05, 0) is 59.7 Å². The number of thioether (sulfide) groups is 1. The molecule has 4 aromatic rings. The third-order valence-corrected chi connectivity index (χ3v) is 8.03. The van der Waals surface area contributed by atoms with E-state index < -0.39 is 0 Å². The Morgan fingerprint density at radius 2 is 2.00 bits per heavy atom. The summed E-state index contributed by atoms with van der Waals surface area (Å²) in [6.45, 7) is 0.695. The van der Waals surface area contributed by atoms with Crippen LogP contribution in [0.3, 0.4) is 0 Å². The van der Waals surface area contributed by atoms with Crippen molar-refractivity contribution in [2.45, 2.75) is 30.5 Å². The molecule has 1 amide bonds. The summed E-state index contributed by atoms with van der Waals surface area (Å²) in [5.41, 5.74) is 4.34. The summed E-state index contributed by atoms with van der Waals surface area (Å²) in [5.74, 6) is 2.45. The fraction of sp³-hybridized carbons (Fsp3) is 0.308. The number of thiophene rings is 1. The van der Waals surface area contributed by atoms with Crippen LogP contribution in [-0.2, 0) is 11.2 Å². The van der Waals surface area contributed by atoms with Crippen molar-refractivity contribution in [3.05, 3.63) is 69.9 Å². The molecule has 8 heteroatoms. The fourth-order valence-electron chi connectivity index (χ4n) is 4.50. The van der Waals surface area contributed by atoms with E-state index in [9.17, 15) is 4.79 Å². The van der Waals surface area contributed by atoms with Crippen molar-refractivity contribution in [2.24, 2.45) is 0 Å². The highest BCUT2D eigenvalue weighted by atomic mass is 32.2. The van der Waals surface area contributed by atoms with Crippen LogP contribution in [-0.4, -0.2) is 47.3 Å². The molecule has 2 aromatic carbocycles. The predicted molar refractivity (Wildman–Crippen MR) is 137 cm³/mol. The van der Waals surface area contributed by atoms with E-state index in [1.807, 2.05) is 41.3 Å².